The number of carbonyl (C=O) groups excluding carboxylic acids is 1. The van der Waals surface area contributed by atoms with Crippen molar-refractivity contribution < 1.29 is 4.79 Å². The van der Waals surface area contributed by atoms with E-state index in [1.807, 2.05) is 34.4 Å². The number of carbonyl (C=O) groups is 1. The summed E-state index contributed by atoms with van der Waals surface area (Å²) >= 11 is 1.69. The zero-order chi connectivity index (χ0) is 21.7. The monoisotopic (exact) mass is 434 g/mol. The van der Waals surface area contributed by atoms with Crippen molar-refractivity contribution in [3.63, 3.8) is 0 Å². The van der Waals surface area contributed by atoms with Gasteiger partial charge in [-0.25, -0.2) is 9.97 Å². The molecule has 160 valence electrons. The molecule has 0 spiro atoms. The number of amides is 1. The lowest BCUT2D eigenvalue weighted by molar-refractivity contribution is -0.133. The number of rotatable bonds is 4. The van der Waals surface area contributed by atoms with Gasteiger partial charge in [-0.05, 0) is 48.1 Å². The molecule has 8 heteroatoms. The molecule has 1 unspecified atom stereocenters. The summed E-state index contributed by atoms with van der Waals surface area (Å²) in [5.74, 6) is 1.09. The largest absolute Gasteiger partial charge is 0.376 e. The van der Waals surface area contributed by atoms with E-state index < -0.39 is 0 Å². The fourth-order valence-corrected chi connectivity index (χ4v) is 5.79. The summed E-state index contributed by atoms with van der Waals surface area (Å²) in [6, 6.07) is 4.35. The van der Waals surface area contributed by atoms with Crippen LogP contribution in [0.5, 0.6) is 0 Å². The van der Waals surface area contributed by atoms with Gasteiger partial charge in [0.2, 0.25) is 5.91 Å². The van der Waals surface area contributed by atoms with Crippen molar-refractivity contribution in [1.82, 2.24) is 14.9 Å². The molecule has 1 amide bonds. The molecule has 1 N–H and O–H groups in total. The van der Waals surface area contributed by atoms with E-state index in [-0.39, 0.29) is 11.8 Å². The van der Waals surface area contributed by atoms with Gasteiger partial charge in [-0.1, -0.05) is 0 Å². The van der Waals surface area contributed by atoms with Gasteiger partial charge >= 0.3 is 0 Å². The van der Waals surface area contributed by atoms with Gasteiger partial charge in [0.15, 0.2) is 0 Å². The molecule has 0 radical (unpaired) electrons. The highest BCUT2D eigenvalue weighted by Gasteiger charge is 2.30. The number of nitrogens with zero attached hydrogens (tertiary/aromatic N) is 5. The quantitative estimate of drug-likeness (QED) is 0.679. The molecular formula is C23H26N6OS. The Morgan fingerprint density at radius 3 is 2.81 bits per heavy atom. The predicted molar refractivity (Wildman–Crippen MR) is 127 cm³/mol. The average molecular weight is 435 g/mol. The van der Waals surface area contributed by atoms with Crippen LogP contribution in [0.4, 0.5) is 17.2 Å². The summed E-state index contributed by atoms with van der Waals surface area (Å²) < 4.78 is 0. The maximum atomic E-state index is 12.5. The Balaban J connectivity index is 1.55. The standard InChI is InChI=1S/C23H26N6OS/c1-28(2)18-8-15-11-24-10-14(15)7-17(18)27-21-20-16-6-5-13(23(30)29(3)4)9-19(16)31-22(20)26-12-25-21/h7-8,10,12-13H,5-6,9,11H2,1-4H3,(H,25,26,27). The molecular weight excluding hydrogens is 408 g/mol. The van der Waals surface area contributed by atoms with E-state index >= 15 is 0 Å². The number of benzene rings is 1. The SMILES string of the molecule is CN(C)C(=O)C1CCc2c(sc3ncnc(Nc4cc5c(cc4N(C)C)CN=C5)c23)C1. The molecule has 3 heterocycles. The Hall–Kier alpha value is -3.00. The van der Waals surface area contributed by atoms with Crippen LogP contribution in [0.25, 0.3) is 10.2 Å². The van der Waals surface area contributed by atoms with E-state index in [0.717, 1.165) is 58.8 Å². The first-order chi connectivity index (χ1) is 14.9. The van der Waals surface area contributed by atoms with Crippen LogP contribution < -0.4 is 10.2 Å². The highest BCUT2D eigenvalue weighted by Crippen LogP contribution is 2.41. The van der Waals surface area contributed by atoms with Crippen molar-refractivity contribution in [2.24, 2.45) is 10.9 Å². The number of hydrogen-bond acceptors (Lipinski definition) is 7. The zero-order valence-electron chi connectivity index (χ0n) is 18.3. The number of fused-ring (bicyclic) bond motifs is 4. The van der Waals surface area contributed by atoms with Crippen molar-refractivity contribution in [3.05, 3.63) is 40.0 Å². The van der Waals surface area contributed by atoms with E-state index in [9.17, 15) is 4.79 Å². The minimum absolute atomic E-state index is 0.0521. The van der Waals surface area contributed by atoms with Gasteiger partial charge in [-0.3, -0.25) is 9.79 Å². The Morgan fingerprint density at radius 1 is 1.19 bits per heavy atom. The van der Waals surface area contributed by atoms with Crippen molar-refractivity contribution in [1.29, 1.82) is 0 Å². The van der Waals surface area contributed by atoms with Crippen molar-refractivity contribution in [2.45, 2.75) is 25.8 Å². The van der Waals surface area contributed by atoms with Crippen molar-refractivity contribution in [3.8, 4) is 0 Å². The molecule has 1 aliphatic carbocycles. The van der Waals surface area contributed by atoms with Crippen LogP contribution in [0.1, 0.15) is 28.0 Å². The van der Waals surface area contributed by atoms with Gasteiger partial charge < -0.3 is 15.1 Å². The summed E-state index contributed by atoms with van der Waals surface area (Å²) in [5.41, 5.74) is 5.80. The molecule has 0 saturated heterocycles. The van der Waals surface area contributed by atoms with E-state index in [0.29, 0.717) is 0 Å². The van der Waals surface area contributed by atoms with Crippen LogP contribution in [0, 0.1) is 5.92 Å². The fourth-order valence-electron chi connectivity index (χ4n) is 4.53. The van der Waals surface area contributed by atoms with Gasteiger partial charge in [-0.2, -0.15) is 0 Å². The van der Waals surface area contributed by atoms with Crippen molar-refractivity contribution >= 4 is 50.9 Å². The second kappa shape index (κ2) is 7.60. The number of aliphatic imine (C=N–C) groups is 1. The minimum Gasteiger partial charge on any atom is -0.376 e. The summed E-state index contributed by atoms with van der Waals surface area (Å²) in [4.78, 5) is 32.1. The van der Waals surface area contributed by atoms with Gasteiger partial charge in [-0.15, -0.1) is 11.3 Å². The molecule has 7 nitrogen and oxygen atoms in total. The third kappa shape index (κ3) is 3.44. The van der Waals surface area contributed by atoms with E-state index in [2.05, 4.69) is 37.3 Å². The lowest BCUT2D eigenvalue weighted by Crippen LogP contribution is -2.32. The second-order valence-corrected chi connectivity index (χ2v) is 9.72. The van der Waals surface area contributed by atoms with Crippen molar-refractivity contribution in [2.75, 3.05) is 38.4 Å². The van der Waals surface area contributed by atoms with Crippen LogP contribution >= 0.6 is 11.3 Å². The third-order valence-electron chi connectivity index (χ3n) is 6.12. The molecule has 0 fully saturated rings. The molecule has 1 atom stereocenters. The number of anilines is 3. The Morgan fingerprint density at radius 2 is 2.03 bits per heavy atom. The average Bonchev–Trinajstić information content (AvgIpc) is 3.35. The van der Waals surface area contributed by atoms with Crippen LogP contribution in [0.3, 0.4) is 0 Å². The van der Waals surface area contributed by atoms with Crippen LogP contribution in [-0.4, -0.2) is 55.2 Å². The number of nitrogens with one attached hydrogen (secondary N) is 1. The maximum Gasteiger partial charge on any atom is 0.225 e. The lowest BCUT2D eigenvalue weighted by atomic mass is 9.87. The smallest absolute Gasteiger partial charge is 0.225 e. The molecule has 1 aliphatic heterocycles. The molecule has 1 aromatic carbocycles. The normalized spacial score (nSPS) is 16.8. The van der Waals surface area contributed by atoms with Crippen LogP contribution in [-0.2, 0) is 24.2 Å². The molecule has 3 aromatic rings. The summed E-state index contributed by atoms with van der Waals surface area (Å²) in [7, 11) is 7.76. The first-order valence-corrected chi connectivity index (χ1v) is 11.3. The highest BCUT2D eigenvalue weighted by atomic mass is 32.1. The summed E-state index contributed by atoms with van der Waals surface area (Å²) in [6.07, 6.45) is 6.08. The van der Waals surface area contributed by atoms with E-state index in [4.69, 9.17) is 0 Å². The highest BCUT2D eigenvalue weighted by molar-refractivity contribution is 7.19. The summed E-state index contributed by atoms with van der Waals surface area (Å²) in [5, 5.41) is 4.69. The predicted octanol–water partition coefficient (Wildman–Crippen LogP) is 3.63. The molecule has 0 saturated carbocycles. The first-order valence-electron chi connectivity index (χ1n) is 10.5. The maximum absolute atomic E-state index is 12.5. The number of hydrogen-bond donors (Lipinski definition) is 1. The zero-order valence-corrected chi connectivity index (χ0v) is 19.1. The molecule has 0 bridgehead atoms. The Labute approximate surface area is 185 Å². The fraction of sp³-hybridized carbons (Fsp3) is 0.391. The topological polar surface area (TPSA) is 73.7 Å². The Bertz CT molecular complexity index is 1210. The van der Waals surface area contributed by atoms with Crippen LogP contribution in [0.15, 0.2) is 23.5 Å². The lowest BCUT2D eigenvalue weighted by Gasteiger charge is -2.24. The summed E-state index contributed by atoms with van der Waals surface area (Å²) in [6.45, 7) is 0.735. The van der Waals surface area contributed by atoms with E-state index in [1.54, 1.807) is 22.6 Å². The van der Waals surface area contributed by atoms with Crippen LogP contribution in [0.2, 0.25) is 0 Å². The van der Waals surface area contributed by atoms with Gasteiger partial charge in [0.1, 0.15) is 17.0 Å². The molecule has 2 aromatic heterocycles. The molecule has 2 aliphatic rings. The first kappa shape index (κ1) is 19.9. The Kier molecular flexibility index (Phi) is 4.89. The number of thiophene rings is 1. The number of aryl methyl sites for hydroxylation is 1. The minimum atomic E-state index is 0.0521. The number of aromatic nitrogens is 2. The second-order valence-electron chi connectivity index (χ2n) is 8.64. The third-order valence-corrected chi connectivity index (χ3v) is 7.28. The molecule has 31 heavy (non-hydrogen) atoms. The van der Waals surface area contributed by atoms with E-state index in [1.165, 1.54) is 16.0 Å². The van der Waals surface area contributed by atoms with Gasteiger partial charge in [0, 0.05) is 45.2 Å². The molecule has 5 rings (SSSR count). The van der Waals surface area contributed by atoms with Gasteiger partial charge in [0.05, 0.1) is 23.3 Å². The van der Waals surface area contributed by atoms with Gasteiger partial charge in [0.25, 0.3) is 0 Å².